The molecule has 2 aromatic rings. The van der Waals surface area contributed by atoms with E-state index in [4.69, 9.17) is 10.5 Å². The first-order valence-electron chi connectivity index (χ1n) is 6.76. The molecule has 0 fully saturated rings. The van der Waals surface area contributed by atoms with Crippen molar-refractivity contribution in [1.82, 2.24) is 9.78 Å². The Balaban J connectivity index is 1.70. The van der Waals surface area contributed by atoms with Crippen LogP contribution in [0.5, 0.6) is 0 Å². The summed E-state index contributed by atoms with van der Waals surface area (Å²) >= 11 is 1.80. The van der Waals surface area contributed by atoms with Gasteiger partial charge in [0.2, 0.25) is 0 Å². The van der Waals surface area contributed by atoms with Crippen molar-refractivity contribution in [2.75, 3.05) is 18.1 Å². The van der Waals surface area contributed by atoms with Crippen molar-refractivity contribution in [2.24, 2.45) is 7.05 Å². The molecular weight excluding hydrogens is 286 g/mol. The van der Waals surface area contributed by atoms with Crippen molar-refractivity contribution in [2.45, 2.75) is 17.7 Å². The first-order valence-corrected chi connectivity index (χ1v) is 7.74. The second kappa shape index (κ2) is 5.44. The minimum Gasteiger partial charge on any atom is -0.460 e. The van der Waals surface area contributed by atoms with E-state index < -0.39 is 5.97 Å². The topological polar surface area (TPSA) is 70.1 Å². The molecule has 0 saturated heterocycles. The van der Waals surface area contributed by atoms with E-state index in [-0.39, 0.29) is 5.92 Å². The van der Waals surface area contributed by atoms with Gasteiger partial charge >= 0.3 is 5.97 Å². The highest BCUT2D eigenvalue weighted by atomic mass is 32.2. The van der Waals surface area contributed by atoms with E-state index in [1.54, 1.807) is 25.7 Å². The van der Waals surface area contributed by atoms with Gasteiger partial charge in [-0.15, -0.1) is 11.8 Å². The quantitative estimate of drug-likeness (QED) is 0.881. The maximum Gasteiger partial charge on any atom is 0.358 e. The molecule has 1 aliphatic heterocycles. The van der Waals surface area contributed by atoms with Gasteiger partial charge in [-0.25, -0.2) is 4.79 Å². The van der Waals surface area contributed by atoms with Crippen molar-refractivity contribution in [3.8, 4) is 0 Å². The van der Waals surface area contributed by atoms with Crippen molar-refractivity contribution in [3.63, 3.8) is 0 Å². The standard InChI is InChI=1S/C15H17N3O2S/c1-9-13(16)14(18(2)17-9)15(19)20-7-10-8-21-12-6-4-3-5-11(10)12/h3-6,10H,7-8,16H2,1-2H3. The highest BCUT2D eigenvalue weighted by Gasteiger charge is 2.26. The number of hydrogen-bond acceptors (Lipinski definition) is 5. The number of benzene rings is 1. The van der Waals surface area contributed by atoms with Gasteiger partial charge in [-0.05, 0) is 18.6 Å². The first-order chi connectivity index (χ1) is 10.1. The number of fused-ring (bicyclic) bond motifs is 1. The summed E-state index contributed by atoms with van der Waals surface area (Å²) in [5.41, 5.74) is 8.49. The van der Waals surface area contributed by atoms with Crippen LogP contribution >= 0.6 is 11.8 Å². The van der Waals surface area contributed by atoms with Crippen molar-refractivity contribution in [3.05, 3.63) is 41.2 Å². The van der Waals surface area contributed by atoms with Crippen LogP contribution in [0.1, 0.15) is 27.7 Å². The zero-order valence-corrected chi connectivity index (χ0v) is 12.8. The molecule has 0 amide bonds. The third kappa shape index (κ3) is 2.51. The third-order valence-electron chi connectivity index (χ3n) is 3.68. The van der Waals surface area contributed by atoms with Crippen LogP contribution in [0.25, 0.3) is 0 Å². The lowest BCUT2D eigenvalue weighted by Gasteiger charge is -2.11. The summed E-state index contributed by atoms with van der Waals surface area (Å²) in [6, 6.07) is 8.24. The van der Waals surface area contributed by atoms with Gasteiger partial charge in [-0.3, -0.25) is 4.68 Å². The zero-order valence-electron chi connectivity index (χ0n) is 12.0. The number of rotatable bonds is 3. The fourth-order valence-electron chi connectivity index (χ4n) is 2.53. The molecule has 0 aliphatic carbocycles. The van der Waals surface area contributed by atoms with Crippen molar-refractivity contribution < 1.29 is 9.53 Å². The van der Waals surface area contributed by atoms with E-state index in [0.29, 0.717) is 23.7 Å². The largest absolute Gasteiger partial charge is 0.460 e. The molecule has 0 radical (unpaired) electrons. The number of hydrogen-bond donors (Lipinski definition) is 1. The Bertz CT molecular complexity index is 696. The third-order valence-corrected chi connectivity index (χ3v) is 4.93. The van der Waals surface area contributed by atoms with E-state index in [9.17, 15) is 4.79 Å². The molecule has 110 valence electrons. The summed E-state index contributed by atoms with van der Waals surface area (Å²) in [4.78, 5) is 13.5. The minimum atomic E-state index is -0.412. The maximum atomic E-state index is 12.2. The van der Waals surface area contributed by atoms with Crippen LogP contribution < -0.4 is 5.73 Å². The lowest BCUT2D eigenvalue weighted by atomic mass is 10.0. The van der Waals surface area contributed by atoms with Crippen molar-refractivity contribution in [1.29, 1.82) is 0 Å². The highest BCUT2D eigenvalue weighted by molar-refractivity contribution is 7.99. The molecule has 0 saturated carbocycles. The Morgan fingerprint density at radius 1 is 1.52 bits per heavy atom. The second-order valence-electron chi connectivity index (χ2n) is 5.12. The highest BCUT2D eigenvalue weighted by Crippen LogP contribution is 2.39. The molecule has 6 heteroatoms. The Labute approximate surface area is 127 Å². The second-order valence-corrected chi connectivity index (χ2v) is 6.18. The molecule has 1 aliphatic rings. The number of carbonyl (C=O) groups excluding carboxylic acids is 1. The SMILES string of the molecule is Cc1nn(C)c(C(=O)OCC2CSc3ccccc32)c1N. The first kappa shape index (κ1) is 14.0. The molecule has 2 heterocycles. The number of nitrogen functional groups attached to an aromatic ring is 1. The summed E-state index contributed by atoms with van der Waals surface area (Å²) in [5.74, 6) is 0.766. The fourth-order valence-corrected chi connectivity index (χ4v) is 3.76. The number of anilines is 1. The van der Waals surface area contributed by atoms with E-state index in [2.05, 4.69) is 17.2 Å². The summed E-state index contributed by atoms with van der Waals surface area (Å²) < 4.78 is 6.93. The average Bonchev–Trinajstić information content (AvgIpc) is 2.98. The van der Waals surface area contributed by atoms with Gasteiger partial charge in [-0.1, -0.05) is 18.2 Å². The van der Waals surface area contributed by atoms with Crippen LogP contribution in [-0.2, 0) is 11.8 Å². The van der Waals surface area contributed by atoms with E-state index in [0.717, 1.165) is 5.75 Å². The lowest BCUT2D eigenvalue weighted by Crippen LogP contribution is -2.16. The van der Waals surface area contributed by atoms with Crippen LogP contribution in [0.4, 0.5) is 5.69 Å². The number of carbonyl (C=O) groups is 1. The molecule has 3 rings (SSSR count). The van der Waals surface area contributed by atoms with Gasteiger partial charge in [0.25, 0.3) is 0 Å². The number of thioether (sulfide) groups is 1. The van der Waals surface area contributed by atoms with Crippen LogP contribution in [0.2, 0.25) is 0 Å². The molecule has 0 bridgehead atoms. The number of aromatic nitrogens is 2. The molecule has 5 nitrogen and oxygen atoms in total. The van der Waals surface area contributed by atoms with Gasteiger partial charge < -0.3 is 10.5 Å². The summed E-state index contributed by atoms with van der Waals surface area (Å²) in [7, 11) is 1.70. The molecule has 2 N–H and O–H groups in total. The molecular formula is C15H17N3O2S. The smallest absolute Gasteiger partial charge is 0.358 e. The molecule has 21 heavy (non-hydrogen) atoms. The van der Waals surface area contributed by atoms with Gasteiger partial charge in [0.1, 0.15) is 0 Å². The van der Waals surface area contributed by atoms with Crippen LogP contribution in [0.3, 0.4) is 0 Å². The Kier molecular flexibility index (Phi) is 3.63. The summed E-state index contributed by atoms with van der Waals surface area (Å²) in [6.07, 6.45) is 0. The predicted molar refractivity (Wildman–Crippen MR) is 82.5 cm³/mol. The van der Waals surface area contributed by atoms with Gasteiger partial charge in [-0.2, -0.15) is 5.10 Å². The summed E-state index contributed by atoms with van der Waals surface area (Å²) in [5, 5.41) is 4.13. The number of ether oxygens (including phenoxy) is 1. The van der Waals surface area contributed by atoms with E-state index in [1.807, 2.05) is 12.1 Å². The fraction of sp³-hybridized carbons (Fsp3) is 0.333. The normalized spacial score (nSPS) is 16.8. The maximum absolute atomic E-state index is 12.2. The predicted octanol–water partition coefficient (Wildman–Crippen LogP) is 2.36. The number of nitrogens with two attached hydrogens (primary N) is 1. The molecule has 0 spiro atoms. The van der Waals surface area contributed by atoms with Crippen LogP contribution in [0, 0.1) is 6.92 Å². The van der Waals surface area contributed by atoms with Gasteiger partial charge in [0, 0.05) is 23.6 Å². The Hall–Kier alpha value is -1.95. The van der Waals surface area contributed by atoms with Crippen LogP contribution in [0.15, 0.2) is 29.2 Å². The average molecular weight is 303 g/mol. The van der Waals surface area contributed by atoms with Crippen molar-refractivity contribution >= 4 is 23.4 Å². The number of aryl methyl sites for hydroxylation is 2. The van der Waals surface area contributed by atoms with E-state index >= 15 is 0 Å². The zero-order chi connectivity index (χ0) is 15.0. The Morgan fingerprint density at radius 2 is 2.29 bits per heavy atom. The Morgan fingerprint density at radius 3 is 3.00 bits per heavy atom. The van der Waals surface area contributed by atoms with Gasteiger partial charge in [0.15, 0.2) is 5.69 Å². The number of nitrogens with zero attached hydrogens (tertiary/aromatic N) is 2. The minimum absolute atomic E-state index is 0.241. The molecule has 1 unspecified atom stereocenters. The lowest BCUT2D eigenvalue weighted by molar-refractivity contribution is 0.0476. The van der Waals surface area contributed by atoms with Gasteiger partial charge in [0.05, 0.1) is 18.0 Å². The molecule has 1 aromatic heterocycles. The number of esters is 1. The summed E-state index contributed by atoms with van der Waals surface area (Å²) in [6.45, 7) is 2.14. The monoisotopic (exact) mass is 303 g/mol. The molecule has 1 atom stereocenters. The molecule has 1 aromatic carbocycles. The van der Waals surface area contributed by atoms with E-state index in [1.165, 1.54) is 15.1 Å². The van der Waals surface area contributed by atoms with Crippen LogP contribution in [-0.4, -0.2) is 28.1 Å².